The Hall–Kier alpha value is -4.61. The molecular weight excluding hydrogens is 621 g/mol. The topological polar surface area (TPSA) is 113 Å². The predicted octanol–water partition coefficient (Wildman–Crippen LogP) is 5.42. The Kier molecular flexibility index (Phi) is 11.0. The third-order valence-electron chi connectivity index (χ3n) is 9.51. The summed E-state index contributed by atoms with van der Waals surface area (Å²) in [6, 6.07) is 19.5. The van der Waals surface area contributed by atoms with Crippen molar-refractivity contribution >= 4 is 11.8 Å². The van der Waals surface area contributed by atoms with Crippen molar-refractivity contribution in [3.8, 4) is 22.8 Å². The number of pyridine rings is 1. The van der Waals surface area contributed by atoms with E-state index in [-0.39, 0.29) is 29.4 Å². The first kappa shape index (κ1) is 34.3. The average molecular weight is 668 g/mol. The predicted molar refractivity (Wildman–Crippen MR) is 187 cm³/mol. The van der Waals surface area contributed by atoms with E-state index in [9.17, 15) is 14.0 Å². The maximum atomic E-state index is 14.3. The van der Waals surface area contributed by atoms with E-state index in [2.05, 4.69) is 62.1 Å². The second-order valence-corrected chi connectivity index (χ2v) is 13.4. The zero-order valence-corrected chi connectivity index (χ0v) is 28.5. The Labute approximate surface area is 287 Å². The number of nitrogens with zero attached hydrogens (tertiary/aromatic N) is 4. The molecule has 258 valence electrons. The molecule has 4 aromatic rings. The summed E-state index contributed by atoms with van der Waals surface area (Å²) in [5.74, 6) is -0.721. The van der Waals surface area contributed by atoms with Gasteiger partial charge in [-0.1, -0.05) is 36.4 Å². The molecule has 0 bridgehead atoms. The zero-order chi connectivity index (χ0) is 34.3. The molecule has 2 aromatic heterocycles. The van der Waals surface area contributed by atoms with Crippen LogP contribution in [0.3, 0.4) is 0 Å². The molecule has 49 heavy (non-hydrogen) atoms. The number of ether oxygens (including phenoxy) is 1. The third kappa shape index (κ3) is 9.10. The normalized spacial score (nSPS) is 19.7. The molecule has 1 atom stereocenters. The van der Waals surface area contributed by atoms with E-state index < -0.39 is 11.7 Å². The first-order chi connectivity index (χ1) is 23.7. The summed E-state index contributed by atoms with van der Waals surface area (Å²) in [6.07, 6.45) is 5.91. The van der Waals surface area contributed by atoms with Crippen LogP contribution in [0.5, 0.6) is 11.6 Å². The fourth-order valence-corrected chi connectivity index (χ4v) is 6.73. The number of hydrogen-bond acceptors (Lipinski definition) is 7. The van der Waals surface area contributed by atoms with Gasteiger partial charge in [0, 0.05) is 50.5 Å². The Morgan fingerprint density at radius 3 is 2.41 bits per heavy atom. The van der Waals surface area contributed by atoms with E-state index >= 15 is 0 Å². The van der Waals surface area contributed by atoms with Crippen LogP contribution >= 0.6 is 0 Å². The fourth-order valence-electron chi connectivity index (χ4n) is 6.73. The van der Waals surface area contributed by atoms with Gasteiger partial charge in [0.25, 0.3) is 11.8 Å². The highest BCUT2D eigenvalue weighted by Gasteiger charge is 2.26. The maximum Gasteiger partial charge on any atom is 0.272 e. The lowest BCUT2D eigenvalue weighted by molar-refractivity contribution is 0.0887. The summed E-state index contributed by atoms with van der Waals surface area (Å²) in [4.78, 5) is 32.7. The van der Waals surface area contributed by atoms with Crippen molar-refractivity contribution in [3.63, 3.8) is 0 Å². The Bertz CT molecular complexity index is 1750. The van der Waals surface area contributed by atoms with Gasteiger partial charge >= 0.3 is 0 Å². The van der Waals surface area contributed by atoms with Gasteiger partial charge in [0.2, 0.25) is 5.88 Å². The molecule has 3 heterocycles. The number of aromatic nitrogens is 3. The largest absolute Gasteiger partial charge is 0.438 e. The van der Waals surface area contributed by atoms with E-state index in [0.29, 0.717) is 43.2 Å². The van der Waals surface area contributed by atoms with E-state index in [4.69, 9.17) is 4.74 Å². The van der Waals surface area contributed by atoms with Gasteiger partial charge in [-0.2, -0.15) is 5.10 Å². The molecule has 6 rings (SSSR count). The molecule has 3 N–H and O–H groups in total. The number of benzene rings is 2. The smallest absolute Gasteiger partial charge is 0.272 e. The molecule has 2 aromatic carbocycles. The van der Waals surface area contributed by atoms with Gasteiger partial charge in [-0.25, -0.2) is 9.37 Å². The second-order valence-electron chi connectivity index (χ2n) is 13.4. The molecule has 1 saturated heterocycles. The minimum atomic E-state index is -0.620. The third-order valence-corrected chi connectivity index (χ3v) is 9.51. The van der Waals surface area contributed by atoms with Crippen LogP contribution in [0.4, 0.5) is 4.39 Å². The summed E-state index contributed by atoms with van der Waals surface area (Å²) < 4.78 is 22.1. The minimum absolute atomic E-state index is 0.00749. The zero-order valence-electron chi connectivity index (χ0n) is 28.5. The van der Waals surface area contributed by atoms with Gasteiger partial charge in [0.05, 0.1) is 6.20 Å². The Balaban J connectivity index is 1.05. The van der Waals surface area contributed by atoms with Crippen molar-refractivity contribution in [3.05, 3.63) is 95.2 Å². The number of carbonyl (C=O) groups is 2. The Morgan fingerprint density at radius 2 is 1.69 bits per heavy atom. The van der Waals surface area contributed by atoms with E-state index in [0.717, 1.165) is 68.1 Å². The van der Waals surface area contributed by atoms with Crippen LogP contribution in [0, 0.1) is 12.7 Å². The number of halogens is 1. The van der Waals surface area contributed by atoms with Crippen molar-refractivity contribution in [1.29, 1.82) is 0 Å². The van der Waals surface area contributed by atoms with Crippen molar-refractivity contribution in [2.75, 3.05) is 26.2 Å². The van der Waals surface area contributed by atoms with Crippen LogP contribution in [0.15, 0.2) is 66.9 Å². The van der Waals surface area contributed by atoms with Gasteiger partial charge in [-0.3, -0.25) is 14.3 Å². The Morgan fingerprint density at radius 1 is 0.980 bits per heavy atom. The van der Waals surface area contributed by atoms with Crippen LogP contribution in [0.1, 0.15) is 71.1 Å². The first-order valence-corrected chi connectivity index (χ1v) is 17.3. The first-order valence-electron chi connectivity index (χ1n) is 17.3. The van der Waals surface area contributed by atoms with Gasteiger partial charge in [-0.15, -0.1) is 0 Å². The standard InChI is InChI=1S/C38H46FN7O3/c1-25-24-46(18-16-40-25)17-6-8-27-7-4-9-28(20-27)29-10-5-11-33(21-29)49-38-34(22-30(39)23-41-38)36(47)42-31-12-14-32(15-13-31)43-37(48)35-19-26(2)45(3)44-35/h4-5,7,9-11,19-23,25,31-32,40H,6,8,12-18,24H2,1-3H3,(H,42,47)(H,43,48)/t25-,31-,32+/m0/s1. The highest BCUT2D eigenvalue weighted by Crippen LogP contribution is 2.30. The van der Waals surface area contributed by atoms with Crippen LogP contribution in [-0.4, -0.2) is 75.8 Å². The summed E-state index contributed by atoms with van der Waals surface area (Å²) in [5.41, 5.74) is 4.67. The molecule has 1 aliphatic heterocycles. The molecule has 1 saturated carbocycles. The number of rotatable bonds is 11. The van der Waals surface area contributed by atoms with Crippen molar-refractivity contribution < 1.29 is 18.7 Å². The monoisotopic (exact) mass is 667 g/mol. The van der Waals surface area contributed by atoms with E-state index in [1.54, 1.807) is 23.9 Å². The van der Waals surface area contributed by atoms with Gasteiger partial charge in [-0.05, 0) is 99.9 Å². The summed E-state index contributed by atoms with van der Waals surface area (Å²) in [5, 5.41) is 13.8. The van der Waals surface area contributed by atoms with Gasteiger partial charge < -0.3 is 25.6 Å². The molecule has 11 heteroatoms. The van der Waals surface area contributed by atoms with Crippen LogP contribution in [0.25, 0.3) is 11.1 Å². The van der Waals surface area contributed by atoms with Gasteiger partial charge in [0.15, 0.2) is 0 Å². The molecule has 0 unspecified atom stereocenters. The molecule has 2 fully saturated rings. The average Bonchev–Trinajstić information content (AvgIpc) is 3.44. The number of carbonyl (C=O) groups excluding carboxylic acids is 2. The molecule has 0 radical (unpaired) electrons. The molecule has 2 aliphatic rings. The lowest BCUT2D eigenvalue weighted by Gasteiger charge is -2.31. The highest BCUT2D eigenvalue weighted by atomic mass is 19.1. The van der Waals surface area contributed by atoms with Crippen LogP contribution < -0.4 is 20.7 Å². The molecule has 2 amide bonds. The van der Waals surface area contributed by atoms with E-state index in [1.807, 2.05) is 25.1 Å². The van der Waals surface area contributed by atoms with Crippen molar-refractivity contribution in [2.24, 2.45) is 7.05 Å². The summed E-state index contributed by atoms with van der Waals surface area (Å²) >= 11 is 0. The SMILES string of the molecule is Cc1cc(C(=O)N[C@H]2CC[C@@H](NC(=O)c3cc(F)cnc3Oc3cccc(-c4cccc(CCCN5CCN[C@@H](C)C5)c4)c3)CC2)nn1C. The van der Waals surface area contributed by atoms with Gasteiger partial charge in [0.1, 0.15) is 22.8 Å². The molecular formula is C38H46FN7O3. The highest BCUT2D eigenvalue weighted by molar-refractivity contribution is 5.96. The molecule has 10 nitrogen and oxygen atoms in total. The second kappa shape index (κ2) is 15.7. The number of amides is 2. The van der Waals surface area contributed by atoms with E-state index in [1.165, 1.54) is 5.56 Å². The molecule has 0 spiro atoms. The minimum Gasteiger partial charge on any atom is -0.438 e. The summed E-state index contributed by atoms with van der Waals surface area (Å²) in [6.45, 7) is 8.46. The summed E-state index contributed by atoms with van der Waals surface area (Å²) in [7, 11) is 1.80. The number of piperazine rings is 1. The lowest BCUT2D eigenvalue weighted by atomic mass is 9.91. The van der Waals surface area contributed by atoms with Crippen LogP contribution in [-0.2, 0) is 13.5 Å². The van der Waals surface area contributed by atoms with Crippen LogP contribution in [0.2, 0.25) is 0 Å². The fraction of sp³-hybridized carbons (Fsp3) is 0.421. The van der Waals surface area contributed by atoms with Crippen molar-refractivity contribution in [1.82, 2.24) is 35.6 Å². The quantitative estimate of drug-likeness (QED) is 0.196. The number of aryl methyl sites for hydroxylation is 3. The lowest BCUT2D eigenvalue weighted by Crippen LogP contribution is -2.49. The van der Waals surface area contributed by atoms with Crippen molar-refractivity contribution in [2.45, 2.75) is 70.5 Å². The molecule has 1 aliphatic carbocycles. The maximum absolute atomic E-state index is 14.3. The number of hydrogen-bond donors (Lipinski definition) is 3. The number of nitrogens with one attached hydrogen (secondary N) is 3.